The van der Waals surface area contributed by atoms with Crippen LogP contribution in [-0.4, -0.2) is 35.2 Å². The van der Waals surface area contributed by atoms with Gasteiger partial charge in [0.1, 0.15) is 11.3 Å². The van der Waals surface area contributed by atoms with Crippen molar-refractivity contribution in [3.8, 4) is 11.4 Å². The number of rotatable bonds is 10. The molecule has 0 amide bonds. The molecule has 4 aromatic heterocycles. The molecule has 4 nitrogen and oxygen atoms in total. The number of benzene rings is 10. The van der Waals surface area contributed by atoms with Crippen LogP contribution < -0.4 is 41.5 Å². The Morgan fingerprint density at radius 3 is 0.821 bits per heavy atom. The quantitative estimate of drug-likeness (QED) is 0.101. The third-order valence-electron chi connectivity index (χ3n) is 15.4. The van der Waals surface area contributed by atoms with E-state index in [1.807, 2.05) is 24.5 Å². The maximum Gasteiger partial charge on any atom is 0.179 e. The maximum atomic E-state index is 4.84. The first-order chi connectivity index (χ1) is 38.5. The van der Waals surface area contributed by atoms with Gasteiger partial charge in [0, 0.05) is 54.3 Å². The monoisotopic (exact) mass is 1160 g/mol. The predicted molar refractivity (Wildman–Crippen MR) is 340 cm³/mol. The fourth-order valence-electron chi connectivity index (χ4n) is 12.0. The summed E-state index contributed by atoms with van der Waals surface area (Å²) in [6.45, 7) is 0. The van der Waals surface area contributed by atoms with Gasteiger partial charge in [-0.15, -0.1) is 0 Å². The Morgan fingerprint density at radius 1 is 0.244 bits per heavy atom. The molecular weight excluding hydrogens is 1110 g/mol. The highest BCUT2D eigenvalue weighted by Gasteiger charge is 2.43. The molecule has 0 fully saturated rings. The van der Waals surface area contributed by atoms with Gasteiger partial charge in [0.25, 0.3) is 0 Å². The molecule has 10 aromatic carbocycles. The van der Waals surface area contributed by atoms with E-state index in [-0.39, 0.29) is 0 Å². The van der Waals surface area contributed by atoms with Crippen molar-refractivity contribution in [1.29, 1.82) is 0 Å². The molecule has 372 valence electrons. The van der Waals surface area contributed by atoms with Gasteiger partial charge in [-0.3, -0.25) is 9.13 Å². The second-order valence-electron chi connectivity index (χ2n) is 19.5. The SMILES string of the molecule is Brc1ccc([Si](c2ccccc2)(c2ccccc2)c2ccc(Br)cc2)cc1.c1ccc([Si](c2ccccc2)(c2ccc(-n3c4ccccc4c4cccnc43)cc2)c2ccc(-n3c4ccccc4c4cccnc43)cc2)cc1. The number of hydrogen-bond donors (Lipinski definition) is 0. The molecule has 0 N–H and O–H groups in total. The topological polar surface area (TPSA) is 35.6 Å². The Bertz CT molecular complexity index is 3970. The Hall–Kier alpha value is -8.51. The zero-order chi connectivity index (χ0) is 52.5. The molecule has 0 atom stereocenters. The number of halogens is 2. The van der Waals surface area contributed by atoms with Crippen LogP contribution in [0, 0.1) is 0 Å². The second kappa shape index (κ2) is 21.1. The fourth-order valence-corrected chi connectivity index (χ4v) is 22.0. The first kappa shape index (κ1) is 49.1. The van der Waals surface area contributed by atoms with Gasteiger partial charge >= 0.3 is 0 Å². The van der Waals surface area contributed by atoms with Gasteiger partial charge < -0.3 is 0 Å². The van der Waals surface area contributed by atoms with Crippen LogP contribution in [0.15, 0.2) is 313 Å². The number of pyridine rings is 2. The van der Waals surface area contributed by atoms with E-state index in [9.17, 15) is 0 Å². The maximum absolute atomic E-state index is 4.84. The molecule has 4 heterocycles. The normalized spacial score (nSPS) is 11.7. The summed E-state index contributed by atoms with van der Waals surface area (Å²) in [6, 6.07) is 106. The molecule has 0 spiro atoms. The average molecular weight is 1160 g/mol. The molecule has 0 radical (unpaired) electrons. The van der Waals surface area contributed by atoms with Crippen LogP contribution in [0.1, 0.15) is 0 Å². The zero-order valence-electron chi connectivity index (χ0n) is 42.4. The van der Waals surface area contributed by atoms with Crippen LogP contribution in [-0.2, 0) is 0 Å². The minimum Gasteiger partial charge on any atom is -0.294 e. The third kappa shape index (κ3) is 8.49. The Kier molecular flexibility index (Phi) is 13.3. The van der Waals surface area contributed by atoms with Crippen molar-refractivity contribution >= 4 is 133 Å². The highest BCUT2D eigenvalue weighted by atomic mass is 79.9. The molecule has 0 aliphatic heterocycles. The third-order valence-corrected chi connectivity index (χ3v) is 26.0. The van der Waals surface area contributed by atoms with E-state index < -0.39 is 16.1 Å². The molecule has 0 saturated carbocycles. The van der Waals surface area contributed by atoms with Gasteiger partial charge in [-0.25, -0.2) is 9.97 Å². The van der Waals surface area contributed by atoms with Crippen molar-refractivity contribution in [2.75, 3.05) is 0 Å². The van der Waals surface area contributed by atoms with Crippen LogP contribution in [0.25, 0.3) is 55.2 Å². The highest BCUT2D eigenvalue weighted by Crippen LogP contribution is 2.32. The van der Waals surface area contributed by atoms with Gasteiger partial charge in [0.2, 0.25) is 0 Å². The lowest BCUT2D eigenvalue weighted by Crippen LogP contribution is -2.74. The molecule has 0 bridgehead atoms. The molecule has 0 saturated heterocycles. The Labute approximate surface area is 472 Å². The summed E-state index contributed by atoms with van der Waals surface area (Å²) in [6.07, 6.45) is 3.77. The fraction of sp³-hybridized carbons (Fsp3) is 0. The van der Waals surface area contributed by atoms with E-state index in [1.54, 1.807) is 0 Å². The van der Waals surface area contributed by atoms with Crippen molar-refractivity contribution in [3.63, 3.8) is 0 Å². The summed E-state index contributed by atoms with van der Waals surface area (Å²) in [5.41, 5.74) is 6.45. The molecule has 14 aromatic rings. The molecule has 14 rings (SSSR count). The second-order valence-corrected chi connectivity index (χ2v) is 29.0. The van der Waals surface area contributed by atoms with Crippen LogP contribution in [0.2, 0.25) is 0 Å². The van der Waals surface area contributed by atoms with Gasteiger partial charge in [0.05, 0.1) is 11.0 Å². The van der Waals surface area contributed by atoms with Crippen LogP contribution in [0.5, 0.6) is 0 Å². The van der Waals surface area contributed by atoms with E-state index >= 15 is 0 Å². The minimum atomic E-state index is -2.78. The first-order valence-electron chi connectivity index (χ1n) is 26.2. The summed E-state index contributed by atoms with van der Waals surface area (Å²) in [5.74, 6) is 0. The number of para-hydroxylation sites is 2. The number of fused-ring (bicyclic) bond motifs is 6. The lowest BCUT2D eigenvalue weighted by molar-refractivity contribution is 1.14. The minimum absolute atomic E-state index is 0.969. The van der Waals surface area contributed by atoms with E-state index in [4.69, 9.17) is 9.97 Å². The highest BCUT2D eigenvalue weighted by molar-refractivity contribution is 9.10. The largest absolute Gasteiger partial charge is 0.294 e. The molecule has 8 heteroatoms. The predicted octanol–water partition coefficient (Wildman–Crippen LogP) is 12.6. The van der Waals surface area contributed by atoms with Crippen molar-refractivity contribution < 1.29 is 0 Å². The number of nitrogens with zero attached hydrogens (tertiary/aromatic N) is 4. The van der Waals surface area contributed by atoms with E-state index in [1.165, 1.54) is 52.3 Å². The van der Waals surface area contributed by atoms with Crippen molar-refractivity contribution in [3.05, 3.63) is 313 Å². The first-order valence-corrected chi connectivity index (χ1v) is 31.8. The zero-order valence-corrected chi connectivity index (χ0v) is 47.6. The summed E-state index contributed by atoms with van der Waals surface area (Å²) in [7, 11) is -5.17. The summed E-state index contributed by atoms with van der Waals surface area (Å²) in [4.78, 5) is 9.68. The molecule has 0 aliphatic rings. The van der Waals surface area contributed by atoms with E-state index in [0.29, 0.717) is 0 Å². The smallest absolute Gasteiger partial charge is 0.179 e. The number of hydrogen-bond acceptors (Lipinski definition) is 2. The van der Waals surface area contributed by atoms with E-state index in [0.717, 1.165) is 53.4 Å². The molecule has 0 unspecified atom stereocenters. The van der Waals surface area contributed by atoms with Crippen molar-refractivity contribution in [2.45, 2.75) is 0 Å². The van der Waals surface area contributed by atoms with Crippen LogP contribution in [0.4, 0.5) is 0 Å². The average Bonchev–Trinajstić information content (AvgIpc) is 4.08. The van der Waals surface area contributed by atoms with Crippen molar-refractivity contribution in [1.82, 2.24) is 19.1 Å². The van der Waals surface area contributed by atoms with Crippen LogP contribution in [0.3, 0.4) is 0 Å². The van der Waals surface area contributed by atoms with Gasteiger partial charge in [-0.05, 0) is 126 Å². The van der Waals surface area contributed by atoms with E-state index in [2.05, 4.69) is 320 Å². The lowest BCUT2D eigenvalue weighted by atomic mass is 10.2. The van der Waals surface area contributed by atoms with Crippen LogP contribution >= 0.6 is 31.9 Å². The lowest BCUT2D eigenvalue weighted by Gasteiger charge is -2.34. The molecular formula is C70H50Br2N4Si2. The van der Waals surface area contributed by atoms with Gasteiger partial charge in [0.15, 0.2) is 16.1 Å². The Morgan fingerprint density at radius 2 is 0.500 bits per heavy atom. The summed E-state index contributed by atoms with van der Waals surface area (Å²) >= 11 is 7.20. The van der Waals surface area contributed by atoms with Gasteiger partial charge in [-0.2, -0.15) is 0 Å². The Balaban J connectivity index is 0.000000181. The summed E-state index contributed by atoms with van der Waals surface area (Å²) in [5, 5.41) is 15.6. The van der Waals surface area contributed by atoms with Crippen molar-refractivity contribution in [2.24, 2.45) is 0 Å². The number of aromatic nitrogens is 4. The summed E-state index contributed by atoms with van der Waals surface area (Å²) < 4.78 is 6.78. The molecule has 0 aliphatic carbocycles. The molecule has 78 heavy (non-hydrogen) atoms. The standard InChI is InChI=1S/C46H32N4Si.C24H18Br2Si/c1-3-13-35(14-4-1)51(36-15-5-2-6-16-36,37-27-23-33(24-28-37)49-43-21-9-7-17-39(43)41-19-11-31-47-45(41)49)38-29-25-34(26-30-38)50-44-22-10-8-18-40(44)42-20-12-32-48-46(42)50;25-19-11-15-23(16-12-19)27(21-7-3-1-4-8-21,22-9-5-2-6-10-22)24-17-13-20(26)14-18-24/h1-32H;1-18H. The van der Waals surface area contributed by atoms with Gasteiger partial charge in [-0.1, -0.05) is 238 Å².